The number of anilines is 1. The van der Waals surface area contributed by atoms with Gasteiger partial charge in [0.05, 0.1) is 25.9 Å². The monoisotopic (exact) mass is 710 g/mol. The molecule has 18 nitrogen and oxygen atoms in total. The lowest BCUT2D eigenvalue weighted by Crippen LogP contribution is -2.35. The van der Waals surface area contributed by atoms with Crippen LogP contribution in [-0.2, 0) is 43.9 Å². The van der Waals surface area contributed by atoms with Crippen molar-refractivity contribution in [1.82, 2.24) is 34.1 Å². The fourth-order valence-corrected chi connectivity index (χ4v) is 8.27. The number of imidazole rings is 1. The van der Waals surface area contributed by atoms with Crippen molar-refractivity contribution in [2.75, 3.05) is 18.9 Å². The summed E-state index contributed by atoms with van der Waals surface area (Å²) in [4.78, 5) is 41.4. The minimum atomic E-state index is -4.46. The maximum absolute atomic E-state index is 16.0. The normalized spacial score (nSPS) is 37.7. The lowest BCUT2D eigenvalue weighted by atomic mass is 10.1. The average Bonchev–Trinajstić information content (AvgIpc) is 3.71. The number of ether oxygens (including phenoxy) is 2. The van der Waals surface area contributed by atoms with Crippen molar-refractivity contribution in [2.45, 2.75) is 49.1 Å². The zero-order chi connectivity index (χ0) is 31.8. The molecule has 7 heterocycles. The van der Waals surface area contributed by atoms with Crippen molar-refractivity contribution in [1.29, 1.82) is 0 Å². The van der Waals surface area contributed by atoms with Crippen LogP contribution in [0.3, 0.4) is 0 Å². The van der Waals surface area contributed by atoms with Crippen molar-refractivity contribution < 1.29 is 50.9 Å². The third kappa shape index (κ3) is 5.51. The number of fused-ring (bicyclic) bond motifs is 5. The second-order valence-electron chi connectivity index (χ2n) is 10.1. The molecule has 0 saturated carbocycles. The molecule has 24 heteroatoms. The number of aromatic amines is 1. The number of nitrogen functional groups attached to an aromatic ring is 1. The number of halogens is 2. The number of hydrogen-bond acceptors (Lipinski definition) is 15. The highest BCUT2D eigenvalue weighted by atomic mass is 32.7. The predicted molar refractivity (Wildman–Crippen MR) is 154 cm³/mol. The van der Waals surface area contributed by atoms with Crippen molar-refractivity contribution in [3.63, 3.8) is 0 Å². The van der Waals surface area contributed by atoms with Crippen LogP contribution in [0.4, 0.5) is 14.6 Å². The zero-order valence-corrected chi connectivity index (χ0v) is 25.8. The SMILES string of the molecule is Nc1ncnc2c1ncn2[C@@H]1O[C@@H]2COP(=O)(S)O[C@H]3C(n4cc(F)c5c(=O)[nH]cnc54)O[C@H](COP(O)(=S)O[C@H]2[C@H]1F)[C@H]3O. The van der Waals surface area contributed by atoms with Crippen LogP contribution in [0, 0.1) is 5.82 Å². The maximum atomic E-state index is 16.0. The Morgan fingerprint density at radius 1 is 1.07 bits per heavy atom. The molecule has 0 spiro atoms. The molecule has 0 aromatic carbocycles. The molecule has 3 fully saturated rings. The van der Waals surface area contributed by atoms with E-state index in [4.69, 9.17) is 45.1 Å². The van der Waals surface area contributed by atoms with Gasteiger partial charge in [-0.15, -0.1) is 0 Å². The van der Waals surface area contributed by atoms with Crippen LogP contribution >= 0.6 is 25.8 Å². The van der Waals surface area contributed by atoms with Gasteiger partial charge in [0.25, 0.3) is 5.56 Å². The largest absolute Gasteiger partial charge is 0.387 e. The van der Waals surface area contributed by atoms with E-state index in [0.29, 0.717) is 0 Å². The Balaban J connectivity index is 1.21. The summed E-state index contributed by atoms with van der Waals surface area (Å²) in [7, 11) is 0. The molecule has 10 atom stereocenters. The number of nitrogens with zero attached hydrogens (tertiary/aromatic N) is 6. The molecule has 5 N–H and O–H groups in total. The second kappa shape index (κ2) is 11.4. The quantitative estimate of drug-likeness (QED) is 0.143. The van der Waals surface area contributed by atoms with E-state index in [0.717, 1.165) is 23.4 Å². The fraction of sp³-hybridized carbons (Fsp3) is 0.476. The molecule has 2 bridgehead atoms. The highest BCUT2D eigenvalue weighted by Gasteiger charge is 2.53. The van der Waals surface area contributed by atoms with Crippen LogP contribution in [0.1, 0.15) is 12.5 Å². The fourth-order valence-electron chi connectivity index (χ4n) is 5.37. The average molecular weight is 711 g/mol. The Kier molecular flexibility index (Phi) is 7.86. The minimum absolute atomic E-state index is 0.0392. The number of thiol groups is 1. The van der Waals surface area contributed by atoms with Gasteiger partial charge in [-0.3, -0.25) is 22.9 Å². The van der Waals surface area contributed by atoms with Crippen LogP contribution in [0.2, 0.25) is 0 Å². The first-order valence-corrected chi connectivity index (χ1v) is 18.2. The van der Waals surface area contributed by atoms with Gasteiger partial charge in [0.2, 0.25) is 0 Å². The Morgan fingerprint density at radius 2 is 1.82 bits per heavy atom. The molecule has 3 unspecified atom stereocenters. The van der Waals surface area contributed by atoms with Crippen LogP contribution < -0.4 is 11.3 Å². The number of alkyl halides is 1. The van der Waals surface area contributed by atoms with Crippen LogP contribution in [0.15, 0.2) is 30.0 Å². The van der Waals surface area contributed by atoms with Gasteiger partial charge < -0.3 is 39.3 Å². The number of aliphatic hydroxyl groups excluding tert-OH is 1. The lowest BCUT2D eigenvalue weighted by Gasteiger charge is -2.27. The van der Waals surface area contributed by atoms with E-state index in [1.165, 1.54) is 10.9 Å². The van der Waals surface area contributed by atoms with E-state index in [2.05, 4.69) is 37.2 Å². The molecule has 0 amide bonds. The Labute approximate surface area is 259 Å². The molecule has 7 rings (SSSR count). The number of rotatable bonds is 2. The first-order valence-electron chi connectivity index (χ1n) is 12.9. The molecule has 3 saturated heterocycles. The summed E-state index contributed by atoms with van der Waals surface area (Å²) in [5, 5.41) is 10.7. The number of nitrogens with one attached hydrogen (secondary N) is 1. The number of nitrogens with two attached hydrogens (primary N) is 1. The van der Waals surface area contributed by atoms with Gasteiger partial charge in [0, 0.05) is 6.20 Å². The van der Waals surface area contributed by atoms with Crippen molar-refractivity contribution in [2.24, 2.45) is 0 Å². The molecular weight excluding hydrogens is 688 g/mol. The molecule has 4 aromatic rings. The first-order chi connectivity index (χ1) is 21.3. The van der Waals surface area contributed by atoms with Gasteiger partial charge in [0.1, 0.15) is 47.8 Å². The van der Waals surface area contributed by atoms with Gasteiger partial charge in [-0.1, -0.05) is 12.2 Å². The highest BCUT2D eigenvalue weighted by Crippen LogP contribution is 2.58. The Bertz CT molecular complexity index is 1950. The molecule has 4 aromatic heterocycles. The molecule has 3 aliphatic rings. The number of aliphatic hydroxyl groups is 1. The number of H-pyrrole nitrogens is 1. The summed E-state index contributed by atoms with van der Waals surface area (Å²) >= 11 is 9.15. The summed E-state index contributed by atoms with van der Waals surface area (Å²) in [5.41, 5.74) is 5.17. The van der Waals surface area contributed by atoms with Gasteiger partial charge in [-0.05, 0) is 11.8 Å². The molecule has 0 aliphatic carbocycles. The van der Waals surface area contributed by atoms with E-state index in [1.807, 2.05) is 0 Å². The number of hydrogen-bond donors (Lipinski definition) is 5. The third-order valence-electron chi connectivity index (χ3n) is 7.40. The van der Waals surface area contributed by atoms with Gasteiger partial charge in [0.15, 0.2) is 41.6 Å². The summed E-state index contributed by atoms with van der Waals surface area (Å²) in [6, 6.07) is 0. The molecule has 3 aliphatic heterocycles. The Morgan fingerprint density at radius 3 is 2.62 bits per heavy atom. The standard InChI is InChI=1S/C21H22F2N8O10P2S2/c22-7-1-30(17-10(7)19(33)28-5-26-17)21-15-13(32)8(38-21)2-36-42(34,44)40-14-9(3-37-43(35,45)41-15)39-20(11(14)23)31-6-29-12-16(24)25-4-27-18(12)31/h1,4-6,8-9,11,13-15,20-21,32H,2-3H2,(H,34,44)(H,35,45)(H2,24,25,27)(H,26,28,33)/t8-,9-,11-,13-,14-,15-,20-,21?,42?,43?/m1/s1. The summed E-state index contributed by atoms with van der Waals surface area (Å²) in [6.45, 7) is -10.1. The van der Waals surface area contributed by atoms with Gasteiger partial charge in [-0.25, -0.2) is 33.3 Å². The van der Waals surface area contributed by atoms with E-state index in [1.54, 1.807) is 0 Å². The molecular formula is C21H22F2N8O10P2S2. The summed E-state index contributed by atoms with van der Waals surface area (Å²) in [6.07, 6.45) is -8.28. The first kappa shape index (κ1) is 31.2. The van der Waals surface area contributed by atoms with E-state index >= 15 is 4.39 Å². The molecule has 45 heavy (non-hydrogen) atoms. The van der Waals surface area contributed by atoms with Crippen molar-refractivity contribution in [3.8, 4) is 0 Å². The topological polar surface area (TPSA) is 233 Å². The van der Waals surface area contributed by atoms with Gasteiger partial charge in [-0.2, -0.15) is 0 Å². The zero-order valence-electron chi connectivity index (χ0n) is 22.3. The van der Waals surface area contributed by atoms with E-state index < -0.39 is 92.6 Å². The second-order valence-corrected chi connectivity index (χ2v) is 15.8. The summed E-state index contributed by atoms with van der Waals surface area (Å²) in [5.74, 6) is -0.924. The summed E-state index contributed by atoms with van der Waals surface area (Å²) < 4.78 is 80.2. The van der Waals surface area contributed by atoms with Crippen LogP contribution in [0.5, 0.6) is 0 Å². The molecule has 242 valence electrons. The maximum Gasteiger partial charge on any atom is 0.386 e. The minimum Gasteiger partial charge on any atom is -0.387 e. The number of aromatic nitrogens is 7. The van der Waals surface area contributed by atoms with Crippen LogP contribution in [-0.4, -0.2) is 94.0 Å². The predicted octanol–water partition coefficient (Wildman–Crippen LogP) is 0.851. The van der Waals surface area contributed by atoms with Crippen molar-refractivity contribution in [3.05, 3.63) is 41.3 Å². The smallest absolute Gasteiger partial charge is 0.386 e. The lowest BCUT2D eigenvalue weighted by molar-refractivity contribution is -0.0584. The van der Waals surface area contributed by atoms with Crippen LogP contribution in [0.25, 0.3) is 22.2 Å². The third-order valence-corrected chi connectivity index (χ3v) is 10.6. The van der Waals surface area contributed by atoms with Crippen molar-refractivity contribution >= 4 is 65.6 Å². The molecule has 0 radical (unpaired) electrons. The highest BCUT2D eigenvalue weighted by molar-refractivity contribution is 8.44. The van der Waals surface area contributed by atoms with E-state index in [9.17, 15) is 23.7 Å². The van der Waals surface area contributed by atoms with Gasteiger partial charge >= 0.3 is 13.5 Å². The Hall–Kier alpha value is -2.46. The van der Waals surface area contributed by atoms with E-state index in [-0.39, 0.29) is 22.6 Å².